The number of nitrogens with zero attached hydrogens (tertiary/aromatic N) is 2. The van der Waals surface area contributed by atoms with Crippen molar-refractivity contribution in [1.29, 1.82) is 0 Å². The molecule has 2 heterocycles. The minimum atomic E-state index is -5.69. The van der Waals surface area contributed by atoms with E-state index in [1.807, 2.05) is 0 Å². The average Bonchev–Trinajstić information content (AvgIpc) is 2.64. The molecule has 0 aliphatic rings. The number of fused-ring (bicyclic) bond motifs is 1. The number of hydrogen-bond donors (Lipinski definition) is 1. The zero-order valence-corrected chi connectivity index (χ0v) is 10.8. The molecule has 0 aromatic carbocycles. The van der Waals surface area contributed by atoms with Crippen molar-refractivity contribution in [1.82, 2.24) is 9.97 Å². The van der Waals surface area contributed by atoms with Gasteiger partial charge in [0.05, 0.1) is 5.39 Å². The molecule has 0 aliphatic carbocycles. The Balaban J connectivity index is 2.30. The summed E-state index contributed by atoms with van der Waals surface area (Å²) in [5.41, 5.74) is 5.35. The molecule has 0 spiro atoms. The summed E-state index contributed by atoms with van der Waals surface area (Å²) < 4.78 is 66.3. The average molecular weight is 313 g/mol. The molecule has 2 rings (SSSR count). The van der Waals surface area contributed by atoms with E-state index in [-0.39, 0.29) is 17.2 Å². The van der Waals surface area contributed by atoms with Crippen molar-refractivity contribution >= 4 is 27.5 Å². The van der Waals surface area contributed by atoms with E-state index in [0.717, 1.165) is 4.88 Å². The quantitative estimate of drug-likeness (QED) is 0.884. The van der Waals surface area contributed by atoms with Gasteiger partial charge in [0.15, 0.2) is 6.61 Å². The Morgan fingerprint density at radius 3 is 2.50 bits per heavy atom. The third kappa shape index (κ3) is 2.74. The minimum Gasteiger partial charge on any atom is -0.470 e. The smallest absolute Gasteiger partial charge is 0.456 e. The van der Waals surface area contributed by atoms with E-state index in [9.17, 15) is 22.0 Å². The van der Waals surface area contributed by atoms with Crippen LogP contribution in [0.3, 0.4) is 0 Å². The summed E-state index contributed by atoms with van der Waals surface area (Å²) in [6, 6.07) is 1.53. The van der Waals surface area contributed by atoms with E-state index in [1.165, 1.54) is 17.4 Å². The van der Waals surface area contributed by atoms with Crippen LogP contribution in [0.4, 0.5) is 27.9 Å². The van der Waals surface area contributed by atoms with Crippen molar-refractivity contribution in [3.63, 3.8) is 0 Å². The molecule has 2 aromatic heterocycles. The van der Waals surface area contributed by atoms with Crippen LogP contribution < -0.4 is 10.5 Å². The molecule has 2 aromatic rings. The molecular weight excluding hydrogens is 305 g/mol. The number of halogens is 5. The van der Waals surface area contributed by atoms with E-state index in [2.05, 4.69) is 14.7 Å². The number of thiophene rings is 1. The predicted octanol–water partition coefficient (Wildman–Crippen LogP) is 3.16. The number of aromatic nitrogens is 2. The SMILES string of the molecule is Cc1cc2c(OCC(F)(F)C(F)(F)F)nc(N)nc2s1. The van der Waals surface area contributed by atoms with Gasteiger partial charge in [0, 0.05) is 4.88 Å². The third-order valence-electron chi connectivity index (χ3n) is 2.30. The Morgan fingerprint density at radius 1 is 1.25 bits per heavy atom. The summed E-state index contributed by atoms with van der Waals surface area (Å²) in [6.07, 6.45) is -5.69. The van der Waals surface area contributed by atoms with Gasteiger partial charge in [-0.25, -0.2) is 4.98 Å². The van der Waals surface area contributed by atoms with Gasteiger partial charge in [-0.3, -0.25) is 0 Å². The Kier molecular flexibility index (Phi) is 3.44. The van der Waals surface area contributed by atoms with E-state index < -0.39 is 18.7 Å². The number of alkyl halides is 5. The maximum Gasteiger partial charge on any atom is 0.456 e. The zero-order chi connectivity index (χ0) is 15.1. The largest absolute Gasteiger partial charge is 0.470 e. The van der Waals surface area contributed by atoms with Crippen molar-refractivity contribution in [3.8, 4) is 5.88 Å². The summed E-state index contributed by atoms with van der Waals surface area (Å²) in [6.45, 7) is -0.145. The minimum absolute atomic E-state index is 0.250. The van der Waals surface area contributed by atoms with Crippen molar-refractivity contribution in [2.45, 2.75) is 19.0 Å². The van der Waals surface area contributed by atoms with E-state index in [0.29, 0.717) is 4.83 Å². The van der Waals surface area contributed by atoms with Crippen LogP contribution in [0.2, 0.25) is 0 Å². The second-order valence-electron chi connectivity index (χ2n) is 3.95. The van der Waals surface area contributed by atoms with Crippen LogP contribution in [-0.2, 0) is 0 Å². The van der Waals surface area contributed by atoms with E-state index in [1.54, 1.807) is 6.92 Å². The Bertz CT molecular complexity index is 640. The van der Waals surface area contributed by atoms with Gasteiger partial charge >= 0.3 is 12.1 Å². The van der Waals surface area contributed by atoms with Crippen LogP contribution in [0, 0.1) is 6.92 Å². The van der Waals surface area contributed by atoms with Crippen molar-refractivity contribution < 1.29 is 26.7 Å². The normalized spacial score (nSPS) is 12.9. The molecule has 0 unspecified atom stereocenters. The first-order valence-corrected chi connectivity index (χ1v) is 6.03. The number of aryl methyl sites for hydroxylation is 1. The molecule has 0 saturated carbocycles. The molecule has 4 nitrogen and oxygen atoms in total. The van der Waals surface area contributed by atoms with Crippen LogP contribution in [0.1, 0.15) is 4.88 Å². The van der Waals surface area contributed by atoms with Crippen molar-refractivity contribution in [2.75, 3.05) is 12.3 Å². The number of rotatable bonds is 3. The highest BCUT2D eigenvalue weighted by molar-refractivity contribution is 7.18. The molecule has 0 radical (unpaired) electrons. The summed E-state index contributed by atoms with van der Waals surface area (Å²) in [5.74, 6) is -5.62. The van der Waals surface area contributed by atoms with Crippen LogP contribution in [0.15, 0.2) is 6.07 Å². The molecule has 0 fully saturated rings. The zero-order valence-electron chi connectivity index (χ0n) is 9.96. The standard InChI is InChI=1S/C10H8F5N3OS/c1-4-2-5-6(17-8(16)18-7(5)20-4)19-3-9(11,12)10(13,14)15/h2H,3H2,1H3,(H2,16,17,18). The second-order valence-corrected chi connectivity index (χ2v) is 5.19. The fourth-order valence-electron chi connectivity index (χ4n) is 1.38. The highest BCUT2D eigenvalue weighted by atomic mass is 32.1. The van der Waals surface area contributed by atoms with Gasteiger partial charge < -0.3 is 10.5 Å². The molecule has 0 aliphatic heterocycles. The molecule has 10 heteroatoms. The molecule has 0 saturated heterocycles. The first kappa shape index (κ1) is 14.7. The number of nitrogens with two attached hydrogens (primary N) is 1. The van der Waals surface area contributed by atoms with Gasteiger partial charge in [-0.2, -0.15) is 26.9 Å². The molecular formula is C10H8F5N3OS. The van der Waals surface area contributed by atoms with Crippen LogP contribution in [-0.4, -0.2) is 28.7 Å². The lowest BCUT2D eigenvalue weighted by Gasteiger charge is -2.19. The van der Waals surface area contributed by atoms with E-state index in [4.69, 9.17) is 5.73 Å². The van der Waals surface area contributed by atoms with Crippen molar-refractivity contribution in [3.05, 3.63) is 10.9 Å². The van der Waals surface area contributed by atoms with Crippen LogP contribution in [0.5, 0.6) is 5.88 Å². The third-order valence-corrected chi connectivity index (χ3v) is 3.25. The number of nitrogen functional groups attached to an aromatic ring is 1. The van der Waals surface area contributed by atoms with Gasteiger partial charge in [0.1, 0.15) is 4.83 Å². The second kappa shape index (κ2) is 4.69. The van der Waals surface area contributed by atoms with E-state index >= 15 is 0 Å². The van der Waals surface area contributed by atoms with Gasteiger partial charge in [0.2, 0.25) is 11.8 Å². The Morgan fingerprint density at radius 2 is 1.90 bits per heavy atom. The fourth-order valence-corrected chi connectivity index (χ4v) is 2.26. The lowest BCUT2D eigenvalue weighted by molar-refractivity contribution is -0.290. The molecule has 0 bridgehead atoms. The summed E-state index contributed by atoms with van der Waals surface area (Å²) in [4.78, 5) is 8.53. The maximum absolute atomic E-state index is 12.8. The van der Waals surface area contributed by atoms with Gasteiger partial charge in [0.25, 0.3) is 0 Å². The lowest BCUT2D eigenvalue weighted by Crippen LogP contribution is -2.41. The lowest BCUT2D eigenvalue weighted by atomic mass is 10.3. The van der Waals surface area contributed by atoms with Gasteiger partial charge in [-0.15, -0.1) is 11.3 Å². The Hall–Kier alpha value is -1.71. The number of ether oxygens (including phenoxy) is 1. The molecule has 2 N–H and O–H groups in total. The highest BCUT2D eigenvalue weighted by Crippen LogP contribution is 2.37. The van der Waals surface area contributed by atoms with Crippen molar-refractivity contribution in [2.24, 2.45) is 0 Å². The molecule has 20 heavy (non-hydrogen) atoms. The number of anilines is 1. The molecule has 0 atom stereocenters. The first-order valence-electron chi connectivity index (χ1n) is 5.21. The summed E-state index contributed by atoms with van der Waals surface area (Å²) in [7, 11) is 0. The highest BCUT2D eigenvalue weighted by Gasteiger charge is 2.58. The van der Waals surface area contributed by atoms with Gasteiger partial charge in [-0.1, -0.05) is 0 Å². The topological polar surface area (TPSA) is 61.0 Å². The maximum atomic E-state index is 12.8. The molecule has 0 amide bonds. The van der Waals surface area contributed by atoms with Crippen LogP contribution >= 0.6 is 11.3 Å². The molecule has 110 valence electrons. The van der Waals surface area contributed by atoms with Gasteiger partial charge in [-0.05, 0) is 13.0 Å². The Labute approximate surface area is 113 Å². The monoisotopic (exact) mass is 313 g/mol. The summed E-state index contributed by atoms with van der Waals surface area (Å²) >= 11 is 1.20. The fraction of sp³-hybridized carbons (Fsp3) is 0.400. The van der Waals surface area contributed by atoms with Crippen LogP contribution in [0.25, 0.3) is 10.2 Å². The summed E-state index contributed by atoms with van der Waals surface area (Å²) in [5, 5.41) is 0.250. The first-order chi connectivity index (χ1) is 9.10. The predicted molar refractivity (Wildman–Crippen MR) is 63.1 cm³/mol. The number of hydrogen-bond acceptors (Lipinski definition) is 5.